The van der Waals surface area contributed by atoms with Crippen LogP contribution in [0.5, 0.6) is 0 Å². The lowest BCUT2D eigenvalue weighted by molar-refractivity contribution is -0.144. The number of nitrogens with one attached hydrogen (secondary N) is 3. The van der Waals surface area contributed by atoms with Crippen LogP contribution in [-0.2, 0) is 30.4 Å². The van der Waals surface area contributed by atoms with Crippen molar-refractivity contribution < 1.29 is 24.0 Å². The molecule has 1 aromatic rings. The Balaban J connectivity index is 1.95. The summed E-state index contributed by atoms with van der Waals surface area (Å²) in [7, 11) is 0. The zero-order chi connectivity index (χ0) is 24.7. The van der Waals surface area contributed by atoms with Gasteiger partial charge in [-0.05, 0) is 44.6 Å². The van der Waals surface area contributed by atoms with Crippen LogP contribution in [0.1, 0.15) is 57.9 Å². The average molecular weight is 471 g/mol. The highest BCUT2D eigenvalue weighted by Crippen LogP contribution is 2.22. The molecule has 0 saturated carbocycles. The van der Waals surface area contributed by atoms with Gasteiger partial charge >= 0.3 is 0 Å². The number of hydrogen-bond donors (Lipinski definition) is 3. The van der Waals surface area contributed by atoms with Crippen molar-refractivity contribution in [3.8, 4) is 0 Å². The molecule has 9 nitrogen and oxygen atoms in total. The number of amides is 4. The third kappa shape index (κ3) is 5.81. The quantitative estimate of drug-likeness (QED) is 0.403. The van der Waals surface area contributed by atoms with Gasteiger partial charge in [-0.25, -0.2) is 0 Å². The van der Waals surface area contributed by atoms with Crippen LogP contribution in [0.3, 0.4) is 0 Å². The van der Waals surface area contributed by atoms with Gasteiger partial charge in [-0.2, -0.15) is 0 Å². The molecule has 1 aromatic carbocycles. The van der Waals surface area contributed by atoms with Gasteiger partial charge in [0.1, 0.15) is 30.0 Å². The highest BCUT2D eigenvalue weighted by atomic mass is 16.2. The Kier molecular flexibility index (Phi) is 8.41. The van der Waals surface area contributed by atoms with E-state index in [2.05, 4.69) is 16.0 Å². The van der Waals surface area contributed by atoms with Crippen LogP contribution in [0.15, 0.2) is 30.3 Å². The van der Waals surface area contributed by atoms with E-state index >= 15 is 0 Å². The Morgan fingerprint density at radius 2 is 1.79 bits per heavy atom. The molecule has 2 saturated heterocycles. The van der Waals surface area contributed by atoms with Crippen LogP contribution < -0.4 is 16.0 Å². The molecule has 2 aliphatic heterocycles. The Morgan fingerprint density at radius 3 is 2.47 bits per heavy atom. The van der Waals surface area contributed by atoms with Crippen LogP contribution in [0.25, 0.3) is 0 Å². The minimum Gasteiger partial charge on any atom is -0.343 e. The number of carbonyl (C=O) groups is 5. The number of nitrogens with zero attached hydrogens (tertiary/aromatic N) is 1. The van der Waals surface area contributed by atoms with Crippen LogP contribution in [-0.4, -0.2) is 65.0 Å². The van der Waals surface area contributed by atoms with E-state index in [4.69, 9.17) is 0 Å². The fraction of sp³-hybridized carbons (Fsp3) is 0.560. The van der Waals surface area contributed by atoms with Crippen molar-refractivity contribution in [2.75, 3.05) is 6.54 Å². The number of benzene rings is 1. The summed E-state index contributed by atoms with van der Waals surface area (Å²) in [5.41, 5.74) is -0.394. The number of hydrogen-bond acceptors (Lipinski definition) is 5. The molecule has 2 aliphatic rings. The third-order valence-corrected chi connectivity index (χ3v) is 6.78. The van der Waals surface area contributed by atoms with Crippen LogP contribution in [0, 0.1) is 0 Å². The summed E-state index contributed by atoms with van der Waals surface area (Å²) in [5.74, 6) is -1.62. The summed E-state index contributed by atoms with van der Waals surface area (Å²) in [6, 6.07) is 6.90. The zero-order valence-corrected chi connectivity index (χ0v) is 19.8. The molecule has 0 radical (unpaired) electrons. The number of fused-ring (bicyclic) bond motifs is 1. The van der Waals surface area contributed by atoms with Gasteiger partial charge in [0.05, 0.1) is 0 Å². The predicted molar refractivity (Wildman–Crippen MR) is 125 cm³/mol. The molecule has 0 unspecified atom stereocenters. The summed E-state index contributed by atoms with van der Waals surface area (Å²) >= 11 is 0. The van der Waals surface area contributed by atoms with E-state index in [1.54, 1.807) is 13.8 Å². The summed E-state index contributed by atoms with van der Waals surface area (Å²) in [6.07, 6.45) is 3.42. The van der Waals surface area contributed by atoms with Crippen molar-refractivity contribution in [1.29, 1.82) is 0 Å². The van der Waals surface area contributed by atoms with Gasteiger partial charge in [-0.15, -0.1) is 0 Å². The van der Waals surface area contributed by atoms with Crippen molar-refractivity contribution in [3.05, 3.63) is 35.9 Å². The van der Waals surface area contributed by atoms with E-state index in [0.29, 0.717) is 25.8 Å². The van der Waals surface area contributed by atoms with Crippen LogP contribution in [0.4, 0.5) is 0 Å². The second kappa shape index (κ2) is 11.3. The molecular weight excluding hydrogens is 436 g/mol. The van der Waals surface area contributed by atoms with Crippen LogP contribution in [0.2, 0.25) is 0 Å². The first-order chi connectivity index (χ1) is 16.3. The molecule has 0 spiro atoms. The summed E-state index contributed by atoms with van der Waals surface area (Å²) < 4.78 is 0. The van der Waals surface area contributed by atoms with Crippen LogP contribution >= 0.6 is 0 Å². The molecule has 2 fully saturated rings. The average Bonchev–Trinajstić information content (AvgIpc) is 3.32. The Labute approximate surface area is 200 Å². The molecule has 4 atom stereocenters. The Hall–Kier alpha value is -3.23. The molecule has 4 amide bonds. The Morgan fingerprint density at radius 1 is 1.06 bits per heavy atom. The number of aldehydes is 1. The second-order valence-corrected chi connectivity index (χ2v) is 9.24. The fourth-order valence-electron chi connectivity index (χ4n) is 4.48. The molecule has 0 aliphatic carbocycles. The van der Waals surface area contributed by atoms with Gasteiger partial charge in [0, 0.05) is 19.4 Å². The van der Waals surface area contributed by atoms with Gasteiger partial charge in [-0.1, -0.05) is 37.3 Å². The third-order valence-electron chi connectivity index (χ3n) is 6.78. The normalized spacial score (nSPS) is 28.2. The first kappa shape index (κ1) is 25.4. The van der Waals surface area contributed by atoms with Crippen molar-refractivity contribution in [2.24, 2.45) is 0 Å². The molecule has 3 rings (SSSR count). The number of rotatable bonds is 7. The van der Waals surface area contributed by atoms with E-state index in [1.807, 2.05) is 30.3 Å². The van der Waals surface area contributed by atoms with E-state index in [9.17, 15) is 24.0 Å². The highest BCUT2D eigenvalue weighted by Gasteiger charge is 2.43. The summed E-state index contributed by atoms with van der Waals surface area (Å²) in [6.45, 7) is 3.79. The van der Waals surface area contributed by atoms with E-state index in [-0.39, 0.29) is 37.5 Å². The molecule has 184 valence electrons. The molecular formula is C25H34N4O5. The lowest BCUT2D eigenvalue weighted by atomic mass is 9.94. The lowest BCUT2D eigenvalue weighted by Gasteiger charge is -2.35. The summed E-state index contributed by atoms with van der Waals surface area (Å²) in [5, 5.41) is 8.44. The number of carbonyl (C=O) groups excluding carboxylic acids is 5. The molecule has 0 bridgehead atoms. The molecule has 0 aromatic heterocycles. The molecule has 2 heterocycles. The maximum atomic E-state index is 13.6. The highest BCUT2D eigenvalue weighted by molar-refractivity contribution is 5.99. The first-order valence-electron chi connectivity index (χ1n) is 12.0. The standard InChI is InChI=1S/C25H34N4O5/c1-3-25(2)24(34)27-19(16-17-10-5-4-6-11-17)23(33)29-14-9-13-20(29)22(32)26-18(21(31)28-25)12-7-8-15-30/h4-6,10-11,15,18-20H,3,7-9,12-14,16H2,1-2H3,(H,26,32)(H,27,34)(H,28,31)/t18-,19-,20+,25-/m0/s1. The van der Waals surface area contributed by atoms with Gasteiger partial charge in [0.25, 0.3) is 0 Å². The maximum Gasteiger partial charge on any atom is 0.246 e. The summed E-state index contributed by atoms with van der Waals surface area (Å²) in [4.78, 5) is 65.6. The van der Waals surface area contributed by atoms with Gasteiger partial charge in [0.2, 0.25) is 23.6 Å². The molecule has 34 heavy (non-hydrogen) atoms. The predicted octanol–water partition coefficient (Wildman–Crippen LogP) is 0.857. The minimum absolute atomic E-state index is 0.259. The SMILES string of the molecule is CC[C@]1(C)NC(=O)[C@H](CCCC=O)NC(=O)[C@H]2CCCN2C(=O)[C@H](Cc2ccccc2)NC1=O. The van der Waals surface area contributed by atoms with E-state index in [1.165, 1.54) is 4.90 Å². The molecule has 3 N–H and O–H groups in total. The first-order valence-corrected chi connectivity index (χ1v) is 12.0. The second-order valence-electron chi connectivity index (χ2n) is 9.24. The van der Waals surface area contributed by atoms with Crippen molar-refractivity contribution in [1.82, 2.24) is 20.9 Å². The van der Waals surface area contributed by atoms with E-state index < -0.39 is 35.5 Å². The lowest BCUT2D eigenvalue weighted by Crippen LogP contribution is -2.65. The topological polar surface area (TPSA) is 125 Å². The smallest absolute Gasteiger partial charge is 0.246 e. The van der Waals surface area contributed by atoms with Gasteiger partial charge in [0.15, 0.2) is 0 Å². The van der Waals surface area contributed by atoms with Crippen molar-refractivity contribution in [3.63, 3.8) is 0 Å². The maximum absolute atomic E-state index is 13.6. The van der Waals surface area contributed by atoms with Gasteiger partial charge < -0.3 is 25.6 Å². The number of unbranched alkanes of at least 4 members (excludes halogenated alkanes) is 1. The van der Waals surface area contributed by atoms with Gasteiger partial charge in [-0.3, -0.25) is 19.2 Å². The van der Waals surface area contributed by atoms with Crippen molar-refractivity contribution >= 4 is 29.9 Å². The van der Waals surface area contributed by atoms with E-state index in [0.717, 1.165) is 11.8 Å². The molecule has 9 heteroatoms. The monoisotopic (exact) mass is 470 g/mol. The zero-order valence-electron chi connectivity index (χ0n) is 19.8. The largest absolute Gasteiger partial charge is 0.343 e. The minimum atomic E-state index is -1.27. The Bertz CT molecular complexity index is 921. The van der Waals surface area contributed by atoms with Crippen molar-refractivity contribution in [2.45, 2.75) is 82.5 Å². The fourth-order valence-corrected chi connectivity index (χ4v) is 4.48.